The Balaban J connectivity index is 0.954. The van der Waals surface area contributed by atoms with E-state index >= 15 is 0 Å². The second kappa shape index (κ2) is 17.0. The van der Waals surface area contributed by atoms with Gasteiger partial charge in [-0.05, 0) is 107 Å². The SMILES string of the molecule is C=Cc1sc2ccccc2c1/C=C(\C)c1ccc(Cc2ccccc2-c2cc(-c3ccc4c5ccccc5n(-c5nc(-c6ccccc6)cc(-c6ccccc6)n5)c4c3)ccc2C)cc1. The van der Waals surface area contributed by atoms with Crippen molar-refractivity contribution in [2.45, 2.75) is 20.3 Å². The molecule has 11 aromatic rings. The zero-order chi connectivity index (χ0) is 43.9. The molecule has 0 unspecified atom stereocenters. The molecule has 0 aliphatic carbocycles. The van der Waals surface area contributed by atoms with E-state index in [1.807, 2.05) is 18.2 Å². The molecular weight excluding hydrogens is 807 g/mol. The summed E-state index contributed by atoms with van der Waals surface area (Å²) < 4.78 is 3.53. The Kier molecular flexibility index (Phi) is 10.4. The molecule has 11 rings (SSSR count). The van der Waals surface area contributed by atoms with Crippen molar-refractivity contribution in [2.75, 3.05) is 0 Å². The standard InChI is InChI=1S/C61H45N3S/c1-4-59-54(52-24-14-16-26-60(52)65-59)35-41(3)43-31-28-42(29-32-43)36-48-21-11-12-22-49(48)53-37-46(30-27-40(53)2)47-33-34-51-50-23-13-15-25-57(50)64(58(51)38-47)61-62-55(44-17-7-5-8-18-44)39-56(63-61)45-19-9-6-10-20-45/h4-35,37-39H,1,36H2,2-3H3/b41-35+. The molecule has 310 valence electrons. The predicted molar refractivity (Wildman–Crippen MR) is 278 cm³/mol. The number of para-hydroxylation sites is 1. The molecule has 65 heavy (non-hydrogen) atoms. The quantitative estimate of drug-likeness (QED) is 0.137. The van der Waals surface area contributed by atoms with E-state index in [0.717, 1.165) is 56.5 Å². The van der Waals surface area contributed by atoms with Gasteiger partial charge in [-0.25, -0.2) is 9.97 Å². The smallest absolute Gasteiger partial charge is 0.235 e. The number of thiophene rings is 1. The largest absolute Gasteiger partial charge is 0.278 e. The van der Waals surface area contributed by atoms with Crippen LogP contribution in [-0.4, -0.2) is 14.5 Å². The summed E-state index contributed by atoms with van der Waals surface area (Å²) in [6.07, 6.45) is 5.12. The average molecular weight is 852 g/mol. The number of aryl methyl sites for hydroxylation is 1. The van der Waals surface area contributed by atoms with Gasteiger partial charge in [0.1, 0.15) is 0 Å². The number of hydrogen-bond donors (Lipinski definition) is 0. The van der Waals surface area contributed by atoms with Gasteiger partial charge in [-0.15, -0.1) is 11.3 Å². The monoisotopic (exact) mass is 851 g/mol. The molecule has 0 bridgehead atoms. The number of rotatable bonds is 10. The number of allylic oxidation sites excluding steroid dienone is 1. The van der Waals surface area contributed by atoms with Gasteiger partial charge in [0.05, 0.1) is 22.4 Å². The Hall–Kier alpha value is -7.92. The predicted octanol–water partition coefficient (Wildman–Crippen LogP) is 16.6. The van der Waals surface area contributed by atoms with Gasteiger partial charge in [-0.1, -0.05) is 183 Å². The fourth-order valence-electron chi connectivity index (χ4n) is 9.23. The van der Waals surface area contributed by atoms with Gasteiger partial charge in [-0.3, -0.25) is 4.57 Å². The molecule has 3 nitrogen and oxygen atoms in total. The maximum atomic E-state index is 5.27. The topological polar surface area (TPSA) is 30.7 Å². The lowest BCUT2D eigenvalue weighted by Gasteiger charge is -2.15. The number of fused-ring (bicyclic) bond motifs is 4. The second-order valence-corrected chi connectivity index (χ2v) is 17.8. The Morgan fingerprint density at radius 1 is 0.554 bits per heavy atom. The van der Waals surface area contributed by atoms with Crippen molar-refractivity contribution in [1.82, 2.24) is 14.5 Å². The molecule has 0 atom stereocenters. The van der Waals surface area contributed by atoms with Crippen LogP contribution in [0.5, 0.6) is 0 Å². The van der Waals surface area contributed by atoms with E-state index < -0.39 is 0 Å². The minimum Gasteiger partial charge on any atom is -0.278 e. The van der Waals surface area contributed by atoms with E-state index in [-0.39, 0.29) is 0 Å². The summed E-state index contributed by atoms with van der Waals surface area (Å²) in [5, 5.41) is 3.61. The molecule has 0 saturated heterocycles. The number of benzene rings is 8. The molecule has 0 N–H and O–H groups in total. The van der Waals surface area contributed by atoms with Crippen molar-refractivity contribution in [2.24, 2.45) is 0 Å². The summed E-state index contributed by atoms with van der Waals surface area (Å²) in [5.41, 5.74) is 18.3. The van der Waals surface area contributed by atoms with Crippen molar-refractivity contribution in [1.29, 1.82) is 0 Å². The maximum Gasteiger partial charge on any atom is 0.235 e. The van der Waals surface area contributed by atoms with Crippen LogP contribution in [0.15, 0.2) is 207 Å². The van der Waals surface area contributed by atoms with Crippen LogP contribution in [0.2, 0.25) is 0 Å². The van der Waals surface area contributed by atoms with Crippen LogP contribution in [0.1, 0.15) is 39.6 Å². The Labute approximate surface area is 384 Å². The van der Waals surface area contributed by atoms with E-state index in [9.17, 15) is 0 Å². The van der Waals surface area contributed by atoms with E-state index in [1.165, 1.54) is 64.9 Å². The third kappa shape index (κ3) is 7.58. The third-order valence-electron chi connectivity index (χ3n) is 12.6. The van der Waals surface area contributed by atoms with Crippen molar-refractivity contribution in [3.05, 3.63) is 239 Å². The van der Waals surface area contributed by atoms with Crippen molar-refractivity contribution >= 4 is 61.0 Å². The zero-order valence-electron chi connectivity index (χ0n) is 36.4. The molecule has 0 spiro atoms. The minimum atomic E-state index is 0.643. The highest BCUT2D eigenvalue weighted by molar-refractivity contribution is 7.20. The first kappa shape index (κ1) is 39.9. The fourth-order valence-corrected chi connectivity index (χ4v) is 10.3. The Bertz CT molecular complexity index is 3540. The van der Waals surface area contributed by atoms with E-state index in [4.69, 9.17) is 9.97 Å². The molecule has 0 amide bonds. The van der Waals surface area contributed by atoms with Gasteiger partial charge < -0.3 is 0 Å². The van der Waals surface area contributed by atoms with Gasteiger partial charge in [0.15, 0.2) is 0 Å². The number of nitrogens with zero attached hydrogens (tertiary/aromatic N) is 3. The molecule has 4 heteroatoms. The summed E-state index contributed by atoms with van der Waals surface area (Å²) in [7, 11) is 0. The van der Waals surface area contributed by atoms with E-state index in [2.05, 4.69) is 219 Å². The van der Waals surface area contributed by atoms with Crippen LogP contribution in [0.4, 0.5) is 0 Å². The summed E-state index contributed by atoms with van der Waals surface area (Å²) in [5.74, 6) is 0.643. The average Bonchev–Trinajstić information content (AvgIpc) is 3.89. The lowest BCUT2D eigenvalue weighted by Crippen LogP contribution is -2.04. The highest BCUT2D eigenvalue weighted by Gasteiger charge is 2.19. The summed E-state index contributed by atoms with van der Waals surface area (Å²) >= 11 is 1.80. The Morgan fingerprint density at radius 2 is 1.17 bits per heavy atom. The molecule has 0 saturated carbocycles. The first-order valence-corrected chi connectivity index (χ1v) is 22.9. The van der Waals surface area contributed by atoms with Crippen LogP contribution < -0.4 is 0 Å². The molecule has 0 aliphatic rings. The molecular formula is C61H45N3S. The highest BCUT2D eigenvalue weighted by Crippen LogP contribution is 2.39. The lowest BCUT2D eigenvalue weighted by atomic mass is 9.90. The van der Waals surface area contributed by atoms with Crippen LogP contribution in [0, 0.1) is 6.92 Å². The molecule has 0 fully saturated rings. The normalized spacial score (nSPS) is 11.8. The van der Waals surface area contributed by atoms with Gasteiger partial charge in [0.2, 0.25) is 5.95 Å². The minimum absolute atomic E-state index is 0.643. The van der Waals surface area contributed by atoms with Crippen LogP contribution in [-0.2, 0) is 6.42 Å². The molecule has 0 radical (unpaired) electrons. The van der Waals surface area contributed by atoms with Crippen molar-refractivity contribution in [3.63, 3.8) is 0 Å². The van der Waals surface area contributed by atoms with Crippen molar-refractivity contribution < 1.29 is 0 Å². The van der Waals surface area contributed by atoms with Crippen LogP contribution in [0.3, 0.4) is 0 Å². The van der Waals surface area contributed by atoms with Gasteiger partial charge >= 0.3 is 0 Å². The van der Waals surface area contributed by atoms with Crippen LogP contribution >= 0.6 is 11.3 Å². The summed E-state index contributed by atoms with van der Waals surface area (Å²) in [4.78, 5) is 11.8. The molecule has 8 aromatic carbocycles. The van der Waals surface area contributed by atoms with Gasteiger partial charge in [-0.2, -0.15) is 0 Å². The number of aromatic nitrogens is 3. The first-order chi connectivity index (χ1) is 32.0. The molecule has 3 aromatic heterocycles. The van der Waals surface area contributed by atoms with Crippen LogP contribution in [0.25, 0.3) is 100 Å². The van der Waals surface area contributed by atoms with Gasteiger partial charge in [0, 0.05) is 42.4 Å². The Morgan fingerprint density at radius 3 is 1.91 bits per heavy atom. The van der Waals surface area contributed by atoms with E-state index in [0.29, 0.717) is 5.95 Å². The molecule has 0 aliphatic heterocycles. The highest BCUT2D eigenvalue weighted by atomic mass is 32.1. The second-order valence-electron chi connectivity index (χ2n) is 16.7. The molecule has 3 heterocycles. The lowest BCUT2D eigenvalue weighted by molar-refractivity contribution is 0.996. The third-order valence-corrected chi connectivity index (χ3v) is 13.8. The van der Waals surface area contributed by atoms with E-state index in [1.54, 1.807) is 11.3 Å². The fraction of sp³-hybridized carbons (Fsp3) is 0.0492. The number of hydrogen-bond acceptors (Lipinski definition) is 3. The maximum absolute atomic E-state index is 5.27. The summed E-state index contributed by atoms with van der Waals surface area (Å²) in [6.45, 7) is 8.52. The van der Waals surface area contributed by atoms with Crippen molar-refractivity contribution in [3.8, 4) is 50.7 Å². The van der Waals surface area contributed by atoms with Gasteiger partial charge in [0.25, 0.3) is 0 Å². The first-order valence-electron chi connectivity index (χ1n) is 22.1. The summed E-state index contributed by atoms with van der Waals surface area (Å²) in [6, 6.07) is 71.7. The zero-order valence-corrected chi connectivity index (χ0v) is 37.2.